The van der Waals surface area contributed by atoms with Gasteiger partial charge in [0, 0.05) is 12.1 Å². The molecule has 6 nitrogen and oxygen atoms in total. The molecule has 1 aliphatic rings. The summed E-state index contributed by atoms with van der Waals surface area (Å²) in [6, 6.07) is 6.30. The summed E-state index contributed by atoms with van der Waals surface area (Å²) in [5.74, 6) is 0.373. The molecular weight excluding hydrogens is 358 g/mol. The Kier molecular flexibility index (Phi) is 4.97. The molecule has 0 bridgehead atoms. The lowest BCUT2D eigenvalue weighted by Gasteiger charge is -2.30. The van der Waals surface area contributed by atoms with Gasteiger partial charge in [-0.3, -0.25) is 4.79 Å². The third-order valence-electron chi connectivity index (χ3n) is 5.18. The number of carbonyl (C=O) groups is 1. The minimum absolute atomic E-state index is 0.0396. The van der Waals surface area contributed by atoms with Crippen LogP contribution in [0.15, 0.2) is 29.8 Å². The van der Waals surface area contributed by atoms with Gasteiger partial charge in [0.05, 0.1) is 27.7 Å². The smallest absolute Gasteiger partial charge is 0.252 e. The highest BCUT2D eigenvalue weighted by molar-refractivity contribution is 7.13. The number of nitrogens with one attached hydrogen (secondary N) is 2. The standard InChI is InChI=1S/C20H25N5OS/c1-12(2)25-19-15(11-22-25)14(9-17(23-19)18-5-4-8-27-18)20(26)24-16-6-7-21-10-13(16)3/h4-5,8-9,11-13,16,21H,6-7,10H2,1-3H3,(H,24,26). The van der Waals surface area contributed by atoms with E-state index in [9.17, 15) is 4.79 Å². The maximum atomic E-state index is 13.2. The second-order valence-electron chi connectivity index (χ2n) is 7.50. The Labute approximate surface area is 163 Å². The lowest BCUT2D eigenvalue weighted by atomic mass is 9.95. The maximum Gasteiger partial charge on any atom is 0.252 e. The fourth-order valence-electron chi connectivity index (χ4n) is 3.61. The molecule has 1 fully saturated rings. The quantitative estimate of drug-likeness (QED) is 0.724. The molecule has 3 aromatic rings. The normalized spacial score (nSPS) is 20.3. The number of rotatable bonds is 4. The van der Waals surface area contributed by atoms with E-state index < -0.39 is 0 Å². The highest BCUT2D eigenvalue weighted by atomic mass is 32.1. The number of carbonyl (C=O) groups excluding carboxylic acids is 1. The molecular formula is C20H25N5OS. The third-order valence-corrected chi connectivity index (χ3v) is 6.07. The fourth-order valence-corrected chi connectivity index (χ4v) is 4.30. The average Bonchev–Trinajstić information content (AvgIpc) is 3.32. The van der Waals surface area contributed by atoms with Crippen molar-refractivity contribution in [1.82, 2.24) is 25.4 Å². The van der Waals surface area contributed by atoms with Gasteiger partial charge in [-0.05, 0) is 56.8 Å². The molecule has 4 rings (SSSR count). The van der Waals surface area contributed by atoms with E-state index in [1.807, 2.05) is 28.3 Å². The first-order valence-corrected chi connectivity index (χ1v) is 10.4. The molecule has 1 amide bonds. The minimum Gasteiger partial charge on any atom is -0.349 e. The van der Waals surface area contributed by atoms with Gasteiger partial charge >= 0.3 is 0 Å². The number of piperidine rings is 1. The van der Waals surface area contributed by atoms with Crippen LogP contribution in [0.25, 0.3) is 21.6 Å². The molecule has 2 unspecified atom stereocenters. The predicted molar refractivity (Wildman–Crippen MR) is 109 cm³/mol. The summed E-state index contributed by atoms with van der Waals surface area (Å²) in [5.41, 5.74) is 2.24. The van der Waals surface area contributed by atoms with Gasteiger partial charge in [-0.15, -0.1) is 11.3 Å². The monoisotopic (exact) mass is 383 g/mol. The number of aromatic nitrogens is 3. The van der Waals surface area contributed by atoms with Gasteiger partial charge in [-0.25, -0.2) is 9.67 Å². The molecule has 3 aromatic heterocycles. The Bertz CT molecular complexity index is 947. The highest BCUT2D eigenvalue weighted by Gasteiger charge is 2.25. The van der Waals surface area contributed by atoms with E-state index in [0.29, 0.717) is 11.5 Å². The van der Waals surface area contributed by atoms with Crippen LogP contribution in [0.4, 0.5) is 0 Å². The van der Waals surface area contributed by atoms with E-state index in [4.69, 9.17) is 4.98 Å². The summed E-state index contributed by atoms with van der Waals surface area (Å²) >= 11 is 1.63. The first-order valence-electron chi connectivity index (χ1n) is 9.48. The topological polar surface area (TPSA) is 71.8 Å². The second-order valence-corrected chi connectivity index (χ2v) is 8.45. The molecule has 2 N–H and O–H groups in total. The Morgan fingerprint density at radius 2 is 2.30 bits per heavy atom. The van der Waals surface area contributed by atoms with Crippen LogP contribution in [0, 0.1) is 5.92 Å². The molecule has 7 heteroatoms. The number of hydrogen-bond donors (Lipinski definition) is 2. The van der Waals surface area contributed by atoms with Gasteiger partial charge in [-0.1, -0.05) is 13.0 Å². The zero-order valence-corrected chi connectivity index (χ0v) is 16.7. The summed E-state index contributed by atoms with van der Waals surface area (Å²) in [4.78, 5) is 19.1. The van der Waals surface area contributed by atoms with Crippen molar-refractivity contribution in [2.45, 2.75) is 39.3 Å². The van der Waals surface area contributed by atoms with E-state index in [1.54, 1.807) is 17.5 Å². The number of amides is 1. The van der Waals surface area contributed by atoms with Crippen molar-refractivity contribution in [1.29, 1.82) is 0 Å². The van der Waals surface area contributed by atoms with Gasteiger partial charge in [0.15, 0.2) is 5.65 Å². The Hall–Kier alpha value is -2.25. The number of fused-ring (bicyclic) bond motifs is 1. The van der Waals surface area contributed by atoms with E-state index in [2.05, 4.69) is 36.5 Å². The molecule has 2 atom stereocenters. The Morgan fingerprint density at radius 1 is 1.44 bits per heavy atom. The molecule has 0 radical (unpaired) electrons. The van der Waals surface area contributed by atoms with E-state index >= 15 is 0 Å². The molecule has 27 heavy (non-hydrogen) atoms. The zero-order chi connectivity index (χ0) is 19.0. The van der Waals surface area contributed by atoms with Crippen molar-refractivity contribution in [2.24, 2.45) is 5.92 Å². The van der Waals surface area contributed by atoms with Crippen molar-refractivity contribution in [3.63, 3.8) is 0 Å². The van der Waals surface area contributed by atoms with Crippen molar-refractivity contribution < 1.29 is 4.79 Å². The van der Waals surface area contributed by atoms with Gasteiger partial charge in [0.2, 0.25) is 0 Å². The maximum absolute atomic E-state index is 13.2. The van der Waals surface area contributed by atoms with Crippen LogP contribution in [0.2, 0.25) is 0 Å². The van der Waals surface area contributed by atoms with E-state index in [-0.39, 0.29) is 18.0 Å². The first-order chi connectivity index (χ1) is 13.0. The summed E-state index contributed by atoms with van der Waals surface area (Å²) < 4.78 is 1.89. The van der Waals surface area contributed by atoms with Crippen molar-refractivity contribution in [2.75, 3.05) is 13.1 Å². The molecule has 0 saturated carbocycles. The number of pyridine rings is 1. The predicted octanol–water partition coefficient (Wildman–Crippen LogP) is 3.47. The van der Waals surface area contributed by atoms with Crippen LogP contribution in [0.3, 0.4) is 0 Å². The number of thiophene rings is 1. The molecule has 142 valence electrons. The molecule has 1 aliphatic heterocycles. The van der Waals surface area contributed by atoms with Gasteiger partial charge in [-0.2, -0.15) is 5.10 Å². The molecule has 4 heterocycles. The van der Waals surface area contributed by atoms with Crippen LogP contribution in [0.1, 0.15) is 43.6 Å². The largest absolute Gasteiger partial charge is 0.349 e. The van der Waals surface area contributed by atoms with Crippen LogP contribution in [-0.4, -0.2) is 39.8 Å². The summed E-state index contributed by atoms with van der Waals surface area (Å²) in [6.07, 6.45) is 2.71. The summed E-state index contributed by atoms with van der Waals surface area (Å²) in [7, 11) is 0. The van der Waals surface area contributed by atoms with E-state index in [1.165, 1.54) is 0 Å². The Balaban J connectivity index is 1.77. The van der Waals surface area contributed by atoms with Crippen molar-refractivity contribution in [3.8, 4) is 10.6 Å². The SMILES string of the molecule is CC1CNCCC1NC(=O)c1cc(-c2cccs2)nc2c1cnn2C(C)C. The molecule has 0 aliphatic carbocycles. The summed E-state index contributed by atoms with van der Waals surface area (Å²) in [5, 5.41) is 13.9. The lowest BCUT2D eigenvalue weighted by molar-refractivity contribution is 0.0916. The van der Waals surface area contributed by atoms with Crippen LogP contribution in [0.5, 0.6) is 0 Å². The molecule has 0 aromatic carbocycles. The van der Waals surface area contributed by atoms with Crippen molar-refractivity contribution >= 4 is 28.3 Å². The van der Waals surface area contributed by atoms with Crippen LogP contribution >= 0.6 is 11.3 Å². The zero-order valence-electron chi connectivity index (χ0n) is 15.9. The second kappa shape index (κ2) is 7.40. The van der Waals surface area contributed by atoms with Gasteiger partial charge in [0.25, 0.3) is 5.91 Å². The van der Waals surface area contributed by atoms with Gasteiger partial charge in [0.1, 0.15) is 0 Å². The van der Waals surface area contributed by atoms with E-state index in [0.717, 1.165) is 41.1 Å². The summed E-state index contributed by atoms with van der Waals surface area (Å²) in [6.45, 7) is 8.19. The molecule has 0 spiro atoms. The third kappa shape index (κ3) is 3.49. The average molecular weight is 384 g/mol. The fraction of sp³-hybridized carbons (Fsp3) is 0.450. The van der Waals surface area contributed by atoms with Crippen molar-refractivity contribution in [3.05, 3.63) is 35.3 Å². The first kappa shape index (κ1) is 18.1. The van der Waals surface area contributed by atoms with Gasteiger partial charge < -0.3 is 10.6 Å². The Morgan fingerprint density at radius 3 is 3.00 bits per heavy atom. The minimum atomic E-state index is -0.0396. The van der Waals surface area contributed by atoms with Crippen LogP contribution in [-0.2, 0) is 0 Å². The lowest BCUT2D eigenvalue weighted by Crippen LogP contribution is -2.48. The molecule has 1 saturated heterocycles. The highest BCUT2D eigenvalue weighted by Crippen LogP contribution is 2.29. The number of nitrogens with zero attached hydrogens (tertiary/aromatic N) is 3. The van der Waals surface area contributed by atoms with Crippen LogP contribution < -0.4 is 10.6 Å². The number of hydrogen-bond acceptors (Lipinski definition) is 5.